The zero-order chi connectivity index (χ0) is 24.9. The number of nitrogens with two attached hydrogens (primary N) is 1. The predicted molar refractivity (Wildman–Crippen MR) is 121 cm³/mol. The Bertz CT molecular complexity index is 1520. The highest BCUT2D eigenvalue weighted by Crippen LogP contribution is 2.42. The minimum atomic E-state index is -1.73. The zero-order valence-corrected chi connectivity index (χ0v) is 18.7. The average Bonchev–Trinajstić information content (AvgIpc) is 3.30. The van der Waals surface area contributed by atoms with Crippen LogP contribution in [0.3, 0.4) is 0 Å². The van der Waals surface area contributed by atoms with Crippen LogP contribution < -0.4 is 11.1 Å². The van der Waals surface area contributed by atoms with Gasteiger partial charge < -0.3 is 15.8 Å². The first-order chi connectivity index (χ1) is 16.7. The monoisotopic (exact) mass is 479 g/mol. The lowest BCUT2D eigenvalue weighted by atomic mass is 9.84. The maximum atomic E-state index is 14.3. The Morgan fingerprint density at radius 3 is 2.77 bits per heavy atom. The smallest absolute Gasteiger partial charge is 0.326 e. The van der Waals surface area contributed by atoms with Crippen LogP contribution in [-0.2, 0) is 26.3 Å². The molecule has 1 unspecified atom stereocenters. The Balaban J connectivity index is 1.66. The van der Waals surface area contributed by atoms with Crippen LogP contribution in [-0.4, -0.2) is 43.2 Å². The molecule has 0 radical (unpaired) electrons. The van der Waals surface area contributed by atoms with Crippen LogP contribution in [0.4, 0.5) is 20.4 Å². The molecule has 1 aliphatic heterocycles. The van der Waals surface area contributed by atoms with E-state index in [2.05, 4.69) is 25.4 Å². The van der Waals surface area contributed by atoms with E-state index in [1.807, 2.05) is 0 Å². The maximum absolute atomic E-state index is 14.3. The molecule has 178 valence electrons. The molecule has 1 aliphatic rings. The number of hydrogen-bond acceptors (Lipinski definition) is 8. The van der Waals surface area contributed by atoms with Crippen molar-refractivity contribution in [1.82, 2.24) is 24.7 Å². The van der Waals surface area contributed by atoms with Gasteiger partial charge in [0.05, 0.1) is 30.3 Å². The highest BCUT2D eigenvalue weighted by Gasteiger charge is 2.53. The van der Waals surface area contributed by atoms with E-state index < -0.39 is 28.9 Å². The number of carbonyl (C=O) groups excluding carboxylic acids is 2. The fourth-order valence-corrected chi connectivity index (χ4v) is 4.08. The van der Waals surface area contributed by atoms with Gasteiger partial charge in [-0.2, -0.15) is 5.10 Å². The topological polar surface area (TPSA) is 138 Å². The summed E-state index contributed by atoms with van der Waals surface area (Å²) >= 11 is 0. The number of nitrogens with zero attached hydrogens (tertiary/aromatic N) is 5. The predicted octanol–water partition coefficient (Wildman–Crippen LogP) is 2.57. The molecule has 3 N–H and O–H groups in total. The van der Waals surface area contributed by atoms with Gasteiger partial charge in [-0.1, -0.05) is 18.2 Å². The van der Waals surface area contributed by atoms with E-state index in [9.17, 15) is 18.4 Å². The van der Waals surface area contributed by atoms with E-state index in [1.54, 1.807) is 25.1 Å². The summed E-state index contributed by atoms with van der Waals surface area (Å²) in [5, 5.41) is 7.27. The molecule has 35 heavy (non-hydrogen) atoms. The first-order valence-electron chi connectivity index (χ1n) is 10.7. The molecule has 0 saturated carbocycles. The third-order valence-electron chi connectivity index (χ3n) is 5.85. The Labute approximate surface area is 197 Å². The second-order valence-electron chi connectivity index (χ2n) is 8.08. The quantitative estimate of drug-likeness (QED) is 0.329. The number of fused-ring (bicyclic) bond motifs is 2. The summed E-state index contributed by atoms with van der Waals surface area (Å²) in [7, 11) is 0. The molecule has 0 saturated heterocycles. The van der Waals surface area contributed by atoms with Gasteiger partial charge in [0.15, 0.2) is 16.9 Å². The van der Waals surface area contributed by atoms with E-state index in [0.29, 0.717) is 5.56 Å². The summed E-state index contributed by atoms with van der Waals surface area (Å²) in [4.78, 5) is 38.0. The summed E-state index contributed by atoms with van der Waals surface area (Å²) in [6, 6.07) is 7.38. The minimum Gasteiger partial charge on any atom is -0.465 e. The minimum absolute atomic E-state index is 0.0138. The zero-order valence-electron chi connectivity index (χ0n) is 18.7. The molecular formula is C23H19F2N7O3. The van der Waals surface area contributed by atoms with Crippen LogP contribution in [0.1, 0.15) is 25.0 Å². The molecular weight excluding hydrogens is 460 g/mol. The molecule has 12 heteroatoms. The van der Waals surface area contributed by atoms with Crippen molar-refractivity contribution in [2.24, 2.45) is 0 Å². The Hall–Kier alpha value is -4.48. The fourth-order valence-electron chi connectivity index (χ4n) is 4.08. The molecule has 1 amide bonds. The summed E-state index contributed by atoms with van der Waals surface area (Å²) in [5.74, 6) is -2.65. The highest BCUT2D eigenvalue weighted by atomic mass is 19.1. The number of rotatable bonds is 5. The number of halogens is 2. The standard InChI is InChI=1S/C23H19F2N7O3/c1-3-35-22(34)23(2)15-17(26)28-19(29-18(15)30-21(23)33)16-13-8-12(24)9-27-20(13)32(31-16)10-11-6-4-5-7-14(11)25/h4-9H,3,10H2,1-2H3,(H3,26,28,29,30,33). The third-order valence-corrected chi connectivity index (χ3v) is 5.85. The molecule has 4 heterocycles. The number of hydrogen-bond donors (Lipinski definition) is 2. The molecule has 1 aromatic carbocycles. The number of benzene rings is 1. The van der Waals surface area contributed by atoms with Crippen molar-refractivity contribution in [1.29, 1.82) is 0 Å². The molecule has 10 nitrogen and oxygen atoms in total. The molecule has 5 rings (SSSR count). The van der Waals surface area contributed by atoms with Crippen molar-refractivity contribution < 1.29 is 23.1 Å². The van der Waals surface area contributed by atoms with Crippen molar-refractivity contribution in [2.45, 2.75) is 25.8 Å². The van der Waals surface area contributed by atoms with Gasteiger partial charge in [-0.3, -0.25) is 9.59 Å². The van der Waals surface area contributed by atoms with Crippen LogP contribution >= 0.6 is 0 Å². The number of amides is 1. The molecule has 0 aliphatic carbocycles. The lowest BCUT2D eigenvalue weighted by Gasteiger charge is -2.20. The second-order valence-corrected chi connectivity index (χ2v) is 8.08. The van der Waals surface area contributed by atoms with Gasteiger partial charge in [0.25, 0.3) is 0 Å². The van der Waals surface area contributed by atoms with Crippen LogP contribution in [0.25, 0.3) is 22.6 Å². The summed E-state index contributed by atoms with van der Waals surface area (Å²) in [6.07, 6.45) is 1.02. The van der Waals surface area contributed by atoms with Crippen LogP contribution in [0.2, 0.25) is 0 Å². The van der Waals surface area contributed by atoms with Crippen LogP contribution in [0.5, 0.6) is 0 Å². The first-order valence-corrected chi connectivity index (χ1v) is 10.7. The molecule has 0 fully saturated rings. The number of ether oxygens (including phenoxy) is 1. The number of esters is 1. The lowest BCUT2D eigenvalue weighted by Crippen LogP contribution is -2.41. The first kappa shape index (κ1) is 22.3. The van der Waals surface area contributed by atoms with Gasteiger partial charge >= 0.3 is 5.97 Å². The van der Waals surface area contributed by atoms with Gasteiger partial charge in [-0.25, -0.2) is 28.4 Å². The molecule has 3 aromatic heterocycles. The van der Waals surface area contributed by atoms with E-state index in [1.165, 1.54) is 23.7 Å². The van der Waals surface area contributed by atoms with Gasteiger partial charge in [0, 0.05) is 5.56 Å². The summed E-state index contributed by atoms with van der Waals surface area (Å²) in [5.41, 5.74) is 5.28. The van der Waals surface area contributed by atoms with Crippen molar-refractivity contribution in [3.63, 3.8) is 0 Å². The normalized spacial score (nSPS) is 16.9. The summed E-state index contributed by atoms with van der Waals surface area (Å²) in [6.45, 7) is 3.08. The molecule has 4 aromatic rings. The Kier molecular flexibility index (Phi) is 5.15. The van der Waals surface area contributed by atoms with E-state index in [0.717, 1.165) is 6.20 Å². The molecule has 0 bridgehead atoms. The van der Waals surface area contributed by atoms with E-state index in [4.69, 9.17) is 10.5 Å². The lowest BCUT2D eigenvalue weighted by molar-refractivity contribution is -0.152. The van der Waals surface area contributed by atoms with Gasteiger partial charge in [0.1, 0.15) is 29.0 Å². The number of nitrogen functional groups attached to an aromatic ring is 1. The van der Waals surface area contributed by atoms with Gasteiger partial charge in [0.2, 0.25) is 5.91 Å². The number of nitrogens with one attached hydrogen (secondary N) is 1. The fraction of sp³-hybridized carbons (Fsp3) is 0.217. The van der Waals surface area contributed by atoms with Crippen molar-refractivity contribution in [3.8, 4) is 11.5 Å². The number of anilines is 2. The van der Waals surface area contributed by atoms with E-state index >= 15 is 0 Å². The van der Waals surface area contributed by atoms with Crippen molar-refractivity contribution >= 4 is 34.5 Å². The van der Waals surface area contributed by atoms with Crippen molar-refractivity contribution in [2.75, 3.05) is 17.7 Å². The summed E-state index contributed by atoms with van der Waals surface area (Å²) < 4.78 is 34.8. The third kappa shape index (κ3) is 3.45. The van der Waals surface area contributed by atoms with Gasteiger partial charge in [-0.05, 0) is 26.0 Å². The van der Waals surface area contributed by atoms with Crippen LogP contribution in [0, 0.1) is 11.6 Å². The largest absolute Gasteiger partial charge is 0.465 e. The van der Waals surface area contributed by atoms with E-state index in [-0.39, 0.29) is 52.9 Å². The van der Waals surface area contributed by atoms with Crippen molar-refractivity contribution in [3.05, 3.63) is 59.3 Å². The molecule has 0 spiro atoms. The highest BCUT2D eigenvalue weighted by molar-refractivity contribution is 6.19. The van der Waals surface area contributed by atoms with Gasteiger partial charge in [-0.15, -0.1) is 0 Å². The second kappa shape index (κ2) is 8.08. The van der Waals surface area contributed by atoms with Crippen LogP contribution in [0.15, 0.2) is 36.5 Å². The number of aromatic nitrogens is 5. The molecule has 1 atom stereocenters. The maximum Gasteiger partial charge on any atom is 0.326 e. The Morgan fingerprint density at radius 1 is 1.26 bits per heavy atom. The number of pyridine rings is 1. The Morgan fingerprint density at radius 2 is 2.03 bits per heavy atom. The number of carbonyl (C=O) groups is 2. The SMILES string of the molecule is CCOC(=O)C1(C)C(=O)Nc2nc(-c3nn(Cc4ccccc4F)c4ncc(F)cc34)nc(N)c21. The average molecular weight is 479 g/mol.